The van der Waals surface area contributed by atoms with Gasteiger partial charge in [-0.05, 0) is 36.4 Å². The molecule has 0 spiro atoms. The minimum Gasteiger partial charge on any atom is -0.463 e. The summed E-state index contributed by atoms with van der Waals surface area (Å²) in [5, 5.41) is 11.6. The number of hydrogen-bond acceptors (Lipinski definition) is 6. The molecule has 0 atom stereocenters. The molecule has 7 nitrogen and oxygen atoms in total. The molecular weight excluding hydrogens is 342 g/mol. The molecule has 1 saturated heterocycles. The summed E-state index contributed by atoms with van der Waals surface area (Å²) >= 11 is 0. The van der Waals surface area contributed by atoms with Crippen molar-refractivity contribution in [3.05, 3.63) is 60.9 Å². The summed E-state index contributed by atoms with van der Waals surface area (Å²) in [6.45, 7) is 7.08. The van der Waals surface area contributed by atoms with E-state index < -0.39 is 0 Å². The first-order valence-electron chi connectivity index (χ1n) is 8.78. The zero-order valence-electron chi connectivity index (χ0n) is 14.9. The number of ether oxygens (including phenoxy) is 1. The van der Waals surface area contributed by atoms with Gasteiger partial charge in [-0.15, -0.1) is 0 Å². The molecule has 27 heavy (non-hydrogen) atoms. The summed E-state index contributed by atoms with van der Waals surface area (Å²) in [5.41, 5.74) is 2.87. The van der Waals surface area contributed by atoms with Crippen molar-refractivity contribution in [1.29, 1.82) is 5.41 Å². The Kier molecular flexibility index (Phi) is 4.76. The number of anilines is 3. The van der Waals surface area contributed by atoms with Crippen LogP contribution in [0.3, 0.4) is 0 Å². The lowest BCUT2D eigenvalue weighted by atomic mass is 10.2. The van der Waals surface area contributed by atoms with E-state index in [2.05, 4.69) is 33.9 Å². The van der Waals surface area contributed by atoms with Gasteiger partial charge >= 0.3 is 0 Å². The Labute approximate surface area is 157 Å². The van der Waals surface area contributed by atoms with E-state index >= 15 is 0 Å². The summed E-state index contributed by atoms with van der Waals surface area (Å²) in [5.74, 6) is 1.07. The van der Waals surface area contributed by atoms with Crippen molar-refractivity contribution in [3.8, 4) is 11.5 Å². The number of morpholine rings is 1. The van der Waals surface area contributed by atoms with Gasteiger partial charge < -0.3 is 23.9 Å². The van der Waals surface area contributed by atoms with E-state index in [1.165, 1.54) is 0 Å². The topological polar surface area (TPSA) is 79.3 Å². The smallest absolute Gasteiger partial charge is 0.174 e. The van der Waals surface area contributed by atoms with E-state index in [1.807, 2.05) is 18.2 Å². The third-order valence-corrected chi connectivity index (χ3v) is 4.45. The van der Waals surface area contributed by atoms with Crippen LogP contribution in [0.1, 0.15) is 0 Å². The zero-order valence-corrected chi connectivity index (χ0v) is 14.9. The Balaban J connectivity index is 1.61. The molecule has 1 aliphatic heterocycles. The lowest BCUT2D eigenvalue weighted by Crippen LogP contribution is -2.36. The third kappa shape index (κ3) is 3.63. The van der Waals surface area contributed by atoms with Crippen LogP contribution in [0, 0.1) is 5.41 Å². The maximum atomic E-state index is 8.33. The first-order chi connectivity index (χ1) is 13.2. The van der Waals surface area contributed by atoms with E-state index in [1.54, 1.807) is 29.3 Å². The predicted molar refractivity (Wildman–Crippen MR) is 105 cm³/mol. The Morgan fingerprint density at radius 3 is 2.59 bits per heavy atom. The number of hydrogen-bond donors (Lipinski definition) is 2. The molecule has 1 aliphatic rings. The average Bonchev–Trinajstić information content (AvgIpc) is 3.26. The monoisotopic (exact) mass is 363 g/mol. The van der Waals surface area contributed by atoms with Crippen molar-refractivity contribution in [3.63, 3.8) is 0 Å². The van der Waals surface area contributed by atoms with Gasteiger partial charge in [0.25, 0.3) is 0 Å². The minimum atomic E-state index is 0.220. The summed E-state index contributed by atoms with van der Waals surface area (Å²) in [6.07, 6.45) is 4.89. The quantitative estimate of drug-likeness (QED) is 0.727. The highest BCUT2D eigenvalue weighted by Gasteiger charge is 2.12. The van der Waals surface area contributed by atoms with Crippen LogP contribution < -0.4 is 15.7 Å². The fraction of sp³-hybridized carbons (Fsp3) is 0.200. The van der Waals surface area contributed by atoms with Crippen LogP contribution in [-0.2, 0) is 4.74 Å². The second kappa shape index (κ2) is 7.51. The summed E-state index contributed by atoms with van der Waals surface area (Å²) in [6, 6.07) is 11.7. The van der Waals surface area contributed by atoms with E-state index in [4.69, 9.17) is 14.6 Å². The van der Waals surface area contributed by atoms with Crippen molar-refractivity contribution in [1.82, 2.24) is 9.55 Å². The molecule has 138 valence electrons. The maximum absolute atomic E-state index is 8.33. The fourth-order valence-electron chi connectivity index (χ4n) is 3.01. The van der Waals surface area contributed by atoms with Crippen molar-refractivity contribution in [2.24, 2.45) is 0 Å². The highest BCUT2D eigenvalue weighted by molar-refractivity contribution is 5.63. The molecule has 0 saturated carbocycles. The summed E-state index contributed by atoms with van der Waals surface area (Å²) < 4.78 is 12.4. The second-order valence-electron chi connectivity index (χ2n) is 6.16. The average molecular weight is 363 g/mol. The molecule has 4 rings (SSSR count). The molecule has 2 aromatic heterocycles. The van der Waals surface area contributed by atoms with Crippen molar-refractivity contribution >= 4 is 23.4 Å². The number of benzene rings is 1. The number of furan rings is 1. The molecule has 0 amide bonds. The van der Waals surface area contributed by atoms with Crippen molar-refractivity contribution in [2.45, 2.75) is 0 Å². The van der Waals surface area contributed by atoms with Gasteiger partial charge in [0, 0.05) is 36.9 Å². The molecule has 2 N–H and O–H groups in total. The highest BCUT2D eigenvalue weighted by atomic mass is 16.5. The third-order valence-electron chi connectivity index (χ3n) is 4.45. The van der Waals surface area contributed by atoms with E-state index in [-0.39, 0.29) is 5.49 Å². The molecule has 7 heteroatoms. The second-order valence-corrected chi connectivity index (χ2v) is 6.16. The summed E-state index contributed by atoms with van der Waals surface area (Å²) in [7, 11) is 0. The van der Waals surface area contributed by atoms with Crippen LogP contribution in [0.25, 0.3) is 17.7 Å². The lowest BCUT2D eigenvalue weighted by molar-refractivity contribution is 0.122. The van der Waals surface area contributed by atoms with Crippen LogP contribution in [0.4, 0.5) is 17.2 Å². The molecular formula is C20H21N5O2. The predicted octanol–water partition coefficient (Wildman–Crippen LogP) is 3.30. The number of aromatic nitrogens is 2. The van der Waals surface area contributed by atoms with Gasteiger partial charge in [0.05, 0.1) is 19.5 Å². The summed E-state index contributed by atoms with van der Waals surface area (Å²) in [4.78, 5) is 6.84. The highest BCUT2D eigenvalue weighted by Crippen LogP contribution is 2.22. The van der Waals surface area contributed by atoms with Gasteiger partial charge in [-0.2, -0.15) is 0 Å². The van der Waals surface area contributed by atoms with Crippen LogP contribution in [0.2, 0.25) is 0 Å². The number of nitrogens with zero attached hydrogens (tertiary/aromatic N) is 3. The number of nitrogens with one attached hydrogen (secondary N) is 2. The first-order valence-corrected chi connectivity index (χ1v) is 8.78. The van der Waals surface area contributed by atoms with Crippen molar-refractivity contribution < 1.29 is 9.15 Å². The van der Waals surface area contributed by atoms with Gasteiger partial charge in [-0.1, -0.05) is 6.58 Å². The van der Waals surface area contributed by atoms with Gasteiger partial charge in [-0.3, -0.25) is 5.41 Å². The minimum absolute atomic E-state index is 0.220. The molecule has 0 radical (unpaired) electrons. The van der Waals surface area contributed by atoms with E-state index in [9.17, 15) is 0 Å². The van der Waals surface area contributed by atoms with Crippen LogP contribution in [0.5, 0.6) is 0 Å². The lowest BCUT2D eigenvalue weighted by Gasteiger charge is -2.28. The van der Waals surface area contributed by atoms with Gasteiger partial charge in [0.2, 0.25) is 0 Å². The molecule has 0 aliphatic carbocycles. The largest absolute Gasteiger partial charge is 0.463 e. The van der Waals surface area contributed by atoms with Crippen LogP contribution >= 0.6 is 0 Å². The van der Waals surface area contributed by atoms with Crippen LogP contribution in [-0.4, -0.2) is 35.9 Å². The van der Waals surface area contributed by atoms with E-state index in [0.29, 0.717) is 17.3 Å². The Morgan fingerprint density at radius 1 is 1.15 bits per heavy atom. The van der Waals surface area contributed by atoms with Crippen molar-refractivity contribution in [2.75, 3.05) is 36.5 Å². The first kappa shape index (κ1) is 17.1. The van der Waals surface area contributed by atoms with Crippen LogP contribution in [0.15, 0.2) is 59.9 Å². The molecule has 3 heterocycles. The van der Waals surface area contributed by atoms with Gasteiger partial charge in [0.15, 0.2) is 17.1 Å². The number of rotatable bonds is 5. The Hall–Kier alpha value is -3.32. The molecule has 1 fully saturated rings. The molecule has 0 bridgehead atoms. The Morgan fingerprint density at radius 2 is 1.93 bits per heavy atom. The Bertz CT molecular complexity index is 971. The fourth-order valence-corrected chi connectivity index (χ4v) is 3.01. The molecule has 0 unspecified atom stereocenters. The van der Waals surface area contributed by atoms with Gasteiger partial charge in [0.1, 0.15) is 5.69 Å². The normalized spacial score (nSPS) is 14.1. The van der Waals surface area contributed by atoms with Gasteiger partial charge in [-0.25, -0.2) is 4.98 Å². The maximum Gasteiger partial charge on any atom is 0.174 e. The SMILES string of the molecule is C=Cn1cc(-c2ccco2)nc(Nc2ccc(N3CCOCC3)cc2)c1=N. The zero-order chi connectivity index (χ0) is 18.6. The van der Waals surface area contributed by atoms with E-state index in [0.717, 1.165) is 37.7 Å². The standard InChI is InChI=1S/C20H21N5O2/c1-2-24-14-17(18-4-3-11-27-18)23-20(19(24)21)22-15-5-7-16(8-6-15)25-9-12-26-13-10-25/h2-8,11,14,21H,1,9-10,12-13H2,(H,22,23). The molecule has 3 aromatic rings. The molecule has 1 aromatic carbocycles.